The highest BCUT2D eigenvalue weighted by molar-refractivity contribution is 6.00. The number of amides is 2. The molecular formula is C16H20N2O4. The predicted octanol–water partition coefficient (Wildman–Crippen LogP) is 2.09. The first-order valence-corrected chi connectivity index (χ1v) is 7.01. The Morgan fingerprint density at radius 3 is 2.59 bits per heavy atom. The molecular weight excluding hydrogens is 284 g/mol. The van der Waals surface area contributed by atoms with Crippen LogP contribution in [0.25, 0.3) is 11.0 Å². The van der Waals surface area contributed by atoms with E-state index in [9.17, 15) is 9.59 Å². The molecule has 2 amide bonds. The monoisotopic (exact) mass is 304 g/mol. The molecule has 0 aliphatic rings. The number of carbonyl (C=O) groups is 2. The van der Waals surface area contributed by atoms with E-state index in [0.29, 0.717) is 16.9 Å². The Morgan fingerprint density at radius 2 is 2.05 bits per heavy atom. The maximum absolute atomic E-state index is 12.7. The molecule has 2 rings (SSSR count). The fraction of sp³-hybridized carbons (Fsp3) is 0.375. The van der Waals surface area contributed by atoms with E-state index in [0.717, 1.165) is 5.39 Å². The topological polar surface area (TPSA) is 85.8 Å². The summed E-state index contributed by atoms with van der Waals surface area (Å²) in [6.07, 6.45) is 0. The highest BCUT2D eigenvalue weighted by Crippen LogP contribution is 2.29. The molecule has 1 aromatic carbocycles. The number of benzene rings is 1. The van der Waals surface area contributed by atoms with Gasteiger partial charge in [0.15, 0.2) is 5.76 Å². The van der Waals surface area contributed by atoms with Gasteiger partial charge >= 0.3 is 0 Å². The van der Waals surface area contributed by atoms with Crippen molar-refractivity contribution in [3.63, 3.8) is 0 Å². The van der Waals surface area contributed by atoms with Crippen LogP contribution in [0.1, 0.15) is 30.0 Å². The van der Waals surface area contributed by atoms with E-state index in [1.165, 1.54) is 4.90 Å². The van der Waals surface area contributed by atoms with E-state index in [4.69, 9.17) is 14.9 Å². The van der Waals surface area contributed by atoms with E-state index in [-0.39, 0.29) is 24.3 Å². The molecule has 22 heavy (non-hydrogen) atoms. The van der Waals surface area contributed by atoms with Gasteiger partial charge in [0.1, 0.15) is 11.3 Å². The molecule has 0 unspecified atom stereocenters. The van der Waals surface area contributed by atoms with E-state index in [1.807, 2.05) is 19.9 Å². The highest BCUT2D eigenvalue weighted by Gasteiger charge is 2.26. The van der Waals surface area contributed by atoms with Crippen LogP contribution in [0.4, 0.5) is 0 Å². The number of fused-ring (bicyclic) bond motifs is 1. The molecule has 1 heterocycles. The van der Waals surface area contributed by atoms with Gasteiger partial charge in [0.25, 0.3) is 5.91 Å². The van der Waals surface area contributed by atoms with Crippen molar-refractivity contribution in [1.82, 2.24) is 4.90 Å². The summed E-state index contributed by atoms with van der Waals surface area (Å²) in [5, 5.41) is 0.811. The van der Waals surface area contributed by atoms with Gasteiger partial charge in [0.2, 0.25) is 5.91 Å². The molecule has 118 valence electrons. The SMILES string of the molecule is COc1ccc2oc(C(=O)N(CC(N)=O)C(C)C)c(C)c2c1. The third kappa shape index (κ3) is 2.90. The third-order valence-electron chi connectivity index (χ3n) is 3.55. The number of nitrogens with two attached hydrogens (primary N) is 1. The number of aryl methyl sites for hydroxylation is 1. The van der Waals surface area contributed by atoms with E-state index in [1.54, 1.807) is 26.2 Å². The van der Waals surface area contributed by atoms with Crippen molar-refractivity contribution in [3.05, 3.63) is 29.5 Å². The summed E-state index contributed by atoms with van der Waals surface area (Å²) in [6.45, 7) is 5.31. The molecule has 0 fully saturated rings. The number of primary amides is 1. The molecule has 0 aliphatic carbocycles. The lowest BCUT2D eigenvalue weighted by molar-refractivity contribution is -0.119. The Labute approximate surface area is 128 Å². The van der Waals surface area contributed by atoms with Crippen molar-refractivity contribution < 1.29 is 18.7 Å². The summed E-state index contributed by atoms with van der Waals surface area (Å²) in [6, 6.07) is 5.18. The minimum absolute atomic E-state index is 0.143. The van der Waals surface area contributed by atoms with Crippen molar-refractivity contribution in [2.75, 3.05) is 13.7 Å². The van der Waals surface area contributed by atoms with Gasteiger partial charge in [0.05, 0.1) is 13.7 Å². The van der Waals surface area contributed by atoms with Crippen LogP contribution in [0.5, 0.6) is 5.75 Å². The standard InChI is InChI=1S/C16H20N2O4/c1-9(2)18(8-14(17)19)16(20)15-10(3)12-7-11(21-4)5-6-13(12)22-15/h5-7,9H,8H2,1-4H3,(H2,17,19). The molecule has 6 nitrogen and oxygen atoms in total. The van der Waals surface area contributed by atoms with Crippen LogP contribution in [-0.2, 0) is 4.79 Å². The molecule has 0 atom stereocenters. The fourth-order valence-corrected chi connectivity index (χ4v) is 2.32. The number of nitrogens with zero attached hydrogens (tertiary/aromatic N) is 1. The molecule has 2 aromatic rings. The number of carbonyl (C=O) groups excluding carboxylic acids is 2. The largest absolute Gasteiger partial charge is 0.497 e. The Hall–Kier alpha value is -2.50. The third-order valence-corrected chi connectivity index (χ3v) is 3.55. The zero-order chi connectivity index (χ0) is 16.4. The second kappa shape index (κ2) is 6.09. The van der Waals surface area contributed by atoms with Gasteiger partial charge in [-0.3, -0.25) is 9.59 Å². The van der Waals surface area contributed by atoms with Gasteiger partial charge in [-0.05, 0) is 39.0 Å². The molecule has 0 saturated heterocycles. The number of furan rings is 1. The minimum Gasteiger partial charge on any atom is -0.497 e. The number of methoxy groups -OCH3 is 1. The van der Waals surface area contributed by atoms with Crippen molar-refractivity contribution >= 4 is 22.8 Å². The van der Waals surface area contributed by atoms with E-state index in [2.05, 4.69) is 0 Å². The first-order chi connectivity index (χ1) is 10.3. The van der Waals surface area contributed by atoms with Gasteiger partial charge in [-0.1, -0.05) is 0 Å². The summed E-state index contributed by atoms with van der Waals surface area (Å²) < 4.78 is 10.9. The first kappa shape index (κ1) is 15.9. The van der Waals surface area contributed by atoms with Crippen LogP contribution in [0.3, 0.4) is 0 Å². The quantitative estimate of drug-likeness (QED) is 0.916. The second-order valence-electron chi connectivity index (χ2n) is 5.41. The van der Waals surface area contributed by atoms with Gasteiger partial charge in [0, 0.05) is 17.0 Å². The average molecular weight is 304 g/mol. The molecule has 0 bridgehead atoms. The lowest BCUT2D eigenvalue weighted by Gasteiger charge is -2.24. The molecule has 0 spiro atoms. The second-order valence-corrected chi connectivity index (χ2v) is 5.41. The van der Waals surface area contributed by atoms with Crippen molar-refractivity contribution in [3.8, 4) is 5.75 Å². The summed E-state index contributed by atoms with van der Waals surface area (Å²) in [5.74, 6) is 0.00500. The van der Waals surface area contributed by atoms with Crippen molar-refractivity contribution in [2.45, 2.75) is 26.8 Å². The van der Waals surface area contributed by atoms with Gasteiger partial charge in [-0.25, -0.2) is 0 Å². The normalized spacial score (nSPS) is 11.0. The maximum Gasteiger partial charge on any atom is 0.290 e. The van der Waals surface area contributed by atoms with Crippen molar-refractivity contribution in [2.24, 2.45) is 5.73 Å². The molecule has 1 aromatic heterocycles. The zero-order valence-electron chi connectivity index (χ0n) is 13.2. The van der Waals surface area contributed by atoms with Crippen LogP contribution in [-0.4, -0.2) is 36.4 Å². The van der Waals surface area contributed by atoms with Crippen LogP contribution in [0.15, 0.2) is 22.6 Å². The molecule has 0 aliphatic heterocycles. The Kier molecular flexibility index (Phi) is 4.40. The number of rotatable bonds is 5. The Morgan fingerprint density at radius 1 is 1.36 bits per heavy atom. The summed E-state index contributed by atoms with van der Waals surface area (Å²) >= 11 is 0. The lowest BCUT2D eigenvalue weighted by Crippen LogP contribution is -2.42. The van der Waals surface area contributed by atoms with Crippen LogP contribution >= 0.6 is 0 Å². The molecule has 2 N–H and O–H groups in total. The highest BCUT2D eigenvalue weighted by atomic mass is 16.5. The van der Waals surface area contributed by atoms with E-state index >= 15 is 0 Å². The Balaban J connectivity index is 2.46. The van der Waals surface area contributed by atoms with Gasteiger partial charge < -0.3 is 19.8 Å². The van der Waals surface area contributed by atoms with Crippen LogP contribution in [0, 0.1) is 6.92 Å². The van der Waals surface area contributed by atoms with Crippen LogP contribution in [0.2, 0.25) is 0 Å². The average Bonchev–Trinajstić information content (AvgIpc) is 2.80. The van der Waals surface area contributed by atoms with Gasteiger partial charge in [-0.15, -0.1) is 0 Å². The first-order valence-electron chi connectivity index (χ1n) is 7.01. The van der Waals surface area contributed by atoms with E-state index < -0.39 is 5.91 Å². The number of hydrogen-bond donors (Lipinski definition) is 1. The summed E-state index contributed by atoms with van der Waals surface area (Å²) in [7, 11) is 1.58. The summed E-state index contributed by atoms with van der Waals surface area (Å²) in [5.41, 5.74) is 6.54. The minimum atomic E-state index is -0.558. The molecule has 0 saturated carbocycles. The molecule has 0 radical (unpaired) electrons. The Bertz CT molecular complexity index is 718. The molecule has 6 heteroatoms. The number of hydrogen-bond acceptors (Lipinski definition) is 4. The van der Waals surface area contributed by atoms with Gasteiger partial charge in [-0.2, -0.15) is 0 Å². The maximum atomic E-state index is 12.7. The lowest BCUT2D eigenvalue weighted by atomic mass is 10.1. The smallest absolute Gasteiger partial charge is 0.290 e. The summed E-state index contributed by atoms with van der Waals surface area (Å²) in [4.78, 5) is 25.2. The van der Waals surface area contributed by atoms with Crippen molar-refractivity contribution in [1.29, 1.82) is 0 Å². The fourth-order valence-electron chi connectivity index (χ4n) is 2.32. The number of ether oxygens (including phenoxy) is 1. The van der Waals surface area contributed by atoms with Crippen LogP contribution < -0.4 is 10.5 Å². The predicted molar refractivity (Wildman–Crippen MR) is 82.9 cm³/mol. The zero-order valence-corrected chi connectivity index (χ0v) is 13.2.